The lowest BCUT2D eigenvalue weighted by molar-refractivity contribution is -0.128. The molecule has 1 aromatic heterocycles. The number of anilines is 1. The number of rotatable bonds is 8. The molecule has 8 nitrogen and oxygen atoms in total. The van der Waals surface area contributed by atoms with Gasteiger partial charge in [-0.1, -0.05) is 5.16 Å². The smallest absolute Gasteiger partial charge is 0.246 e. The van der Waals surface area contributed by atoms with E-state index in [0.717, 1.165) is 26.1 Å². The highest BCUT2D eigenvalue weighted by molar-refractivity contribution is 5.96. The van der Waals surface area contributed by atoms with Gasteiger partial charge in [0, 0.05) is 25.3 Å². The molecule has 0 aliphatic carbocycles. The Morgan fingerprint density at radius 1 is 1.38 bits per heavy atom. The van der Waals surface area contributed by atoms with Crippen molar-refractivity contribution in [2.45, 2.75) is 57.7 Å². The molecule has 0 saturated carbocycles. The Labute approximate surface area is 154 Å². The van der Waals surface area contributed by atoms with Gasteiger partial charge in [0.15, 0.2) is 0 Å². The Morgan fingerprint density at radius 3 is 2.65 bits per heavy atom. The third-order valence-electron chi connectivity index (χ3n) is 5.09. The molecule has 1 aliphatic rings. The Morgan fingerprint density at radius 2 is 2.04 bits per heavy atom. The third kappa shape index (κ3) is 4.82. The van der Waals surface area contributed by atoms with Crippen LogP contribution in [0.15, 0.2) is 10.6 Å². The first kappa shape index (κ1) is 20.8. The minimum absolute atomic E-state index is 0.0718. The van der Waals surface area contributed by atoms with Crippen molar-refractivity contribution < 1.29 is 23.9 Å². The van der Waals surface area contributed by atoms with E-state index < -0.39 is 11.1 Å². The molecule has 0 aromatic carbocycles. The van der Waals surface area contributed by atoms with Crippen LogP contribution in [0.25, 0.3) is 0 Å². The lowest BCUT2D eigenvalue weighted by Crippen LogP contribution is -2.55. The predicted molar refractivity (Wildman–Crippen MR) is 96.9 cm³/mol. The standard InChI is InChI=1S/C18H31N3O5/c1-17(2,21(5)13-6-9-24-10-7-13)16(23)19-15-12-14(20-26-15)18(3,4)25-11-8-22/h12-13,22H,6-11H2,1-5H3,(H,19,23). The number of carbonyl (C=O) groups excluding carboxylic acids is 1. The molecule has 1 saturated heterocycles. The number of aromatic nitrogens is 1. The zero-order chi connectivity index (χ0) is 19.4. The Bertz CT molecular complexity index is 593. The molecule has 26 heavy (non-hydrogen) atoms. The van der Waals surface area contributed by atoms with Crippen LogP contribution in [0.1, 0.15) is 46.2 Å². The first-order chi connectivity index (χ1) is 12.2. The summed E-state index contributed by atoms with van der Waals surface area (Å²) in [5.74, 6) is 0.113. The second kappa shape index (κ2) is 8.47. The Balaban J connectivity index is 2.02. The van der Waals surface area contributed by atoms with E-state index >= 15 is 0 Å². The van der Waals surface area contributed by atoms with Gasteiger partial charge in [-0.25, -0.2) is 0 Å². The van der Waals surface area contributed by atoms with Crippen LogP contribution < -0.4 is 5.32 Å². The number of nitrogens with zero attached hydrogens (tertiary/aromatic N) is 2. The molecule has 0 unspecified atom stereocenters. The van der Waals surface area contributed by atoms with Gasteiger partial charge in [-0.15, -0.1) is 0 Å². The number of likely N-dealkylation sites (N-methyl/N-ethyl adjacent to an activating group) is 1. The number of nitrogens with one attached hydrogen (secondary N) is 1. The Kier molecular flexibility index (Phi) is 6.79. The summed E-state index contributed by atoms with van der Waals surface area (Å²) >= 11 is 0. The summed E-state index contributed by atoms with van der Waals surface area (Å²) in [6, 6.07) is 1.96. The van der Waals surface area contributed by atoms with Crippen LogP contribution >= 0.6 is 0 Å². The van der Waals surface area contributed by atoms with Crippen LogP contribution in [0.3, 0.4) is 0 Å². The van der Waals surface area contributed by atoms with E-state index in [9.17, 15) is 4.79 Å². The van der Waals surface area contributed by atoms with Gasteiger partial charge in [-0.05, 0) is 47.6 Å². The summed E-state index contributed by atoms with van der Waals surface area (Å²) < 4.78 is 16.2. The quantitative estimate of drug-likeness (QED) is 0.720. The number of aliphatic hydroxyl groups is 1. The van der Waals surface area contributed by atoms with Crippen LogP contribution in [0.4, 0.5) is 5.88 Å². The summed E-state index contributed by atoms with van der Waals surface area (Å²) in [6.07, 6.45) is 1.83. The van der Waals surface area contributed by atoms with Crippen molar-refractivity contribution in [3.05, 3.63) is 11.8 Å². The first-order valence-electron chi connectivity index (χ1n) is 9.02. The second-order valence-corrected chi connectivity index (χ2v) is 7.63. The minimum Gasteiger partial charge on any atom is -0.394 e. The monoisotopic (exact) mass is 369 g/mol. The van der Waals surface area contributed by atoms with Crippen molar-refractivity contribution in [1.82, 2.24) is 10.1 Å². The maximum atomic E-state index is 12.8. The molecule has 0 atom stereocenters. The summed E-state index contributed by atoms with van der Waals surface area (Å²) in [7, 11) is 1.97. The molecule has 2 N–H and O–H groups in total. The molecular formula is C18H31N3O5. The molecular weight excluding hydrogens is 338 g/mol. The van der Waals surface area contributed by atoms with Crippen molar-refractivity contribution in [3.63, 3.8) is 0 Å². The fraction of sp³-hybridized carbons (Fsp3) is 0.778. The van der Waals surface area contributed by atoms with E-state index in [-0.39, 0.29) is 25.0 Å². The Hall–Kier alpha value is -1.48. The molecule has 0 bridgehead atoms. The molecule has 0 spiro atoms. The molecule has 1 aliphatic heterocycles. The maximum absolute atomic E-state index is 12.8. The van der Waals surface area contributed by atoms with Gasteiger partial charge in [-0.2, -0.15) is 0 Å². The van der Waals surface area contributed by atoms with Crippen LogP contribution in [0.2, 0.25) is 0 Å². The van der Waals surface area contributed by atoms with Crippen molar-refractivity contribution in [2.24, 2.45) is 0 Å². The summed E-state index contributed by atoms with van der Waals surface area (Å²) in [5, 5.41) is 15.7. The summed E-state index contributed by atoms with van der Waals surface area (Å²) in [6.45, 7) is 9.01. The minimum atomic E-state index is -0.719. The van der Waals surface area contributed by atoms with Gasteiger partial charge in [0.1, 0.15) is 11.3 Å². The van der Waals surface area contributed by atoms with Gasteiger partial charge in [0.25, 0.3) is 0 Å². The van der Waals surface area contributed by atoms with Crippen LogP contribution in [0.5, 0.6) is 0 Å². The molecule has 8 heteroatoms. The SMILES string of the molecule is CN(C1CCOCC1)C(C)(C)C(=O)Nc1cc(C(C)(C)OCCO)no1. The van der Waals surface area contributed by atoms with Gasteiger partial charge < -0.3 is 19.1 Å². The molecule has 1 amide bonds. The average molecular weight is 369 g/mol. The van der Waals surface area contributed by atoms with Crippen molar-refractivity contribution in [2.75, 3.05) is 38.8 Å². The lowest BCUT2D eigenvalue weighted by atomic mass is 9.96. The van der Waals surface area contributed by atoms with Crippen molar-refractivity contribution >= 4 is 11.8 Å². The highest BCUT2D eigenvalue weighted by Gasteiger charge is 2.37. The molecule has 0 radical (unpaired) electrons. The van der Waals surface area contributed by atoms with E-state index in [1.807, 2.05) is 34.7 Å². The van der Waals surface area contributed by atoms with Crippen LogP contribution in [0, 0.1) is 0 Å². The van der Waals surface area contributed by atoms with Crippen molar-refractivity contribution in [1.29, 1.82) is 0 Å². The fourth-order valence-electron chi connectivity index (χ4n) is 2.95. The van der Waals surface area contributed by atoms with E-state index in [1.54, 1.807) is 6.07 Å². The average Bonchev–Trinajstić information content (AvgIpc) is 3.09. The normalized spacial score (nSPS) is 16.9. The van der Waals surface area contributed by atoms with Gasteiger partial charge in [0.05, 0.1) is 18.8 Å². The van der Waals surface area contributed by atoms with E-state index in [4.69, 9.17) is 19.1 Å². The predicted octanol–water partition coefficient (Wildman–Crippen LogP) is 1.75. The second-order valence-electron chi connectivity index (χ2n) is 7.63. The van der Waals surface area contributed by atoms with E-state index in [0.29, 0.717) is 11.7 Å². The first-order valence-corrected chi connectivity index (χ1v) is 9.02. The number of hydrogen-bond acceptors (Lipinski definition) is 7. The van der Waals surface area contributed by atoms with E-state index in [1.165, 1.54) is 0 Å². The number of carbonyl (C=O) groups is 1. The fourth-order valence-corrected chi connectivity index (χ4v) is 2.95. The van der Waals surface area contributed by atoms with Crippen LogP contribution in [-0.2, 0) is 19.9 Å². The molecule has 1 aromatic rings. The maximum Gasteiger partial charge on any atom is 0.246 e. The van der Waals surface area contributed by atoms with E-state index in [2.05, 4.69) is 15.4 Å². The molecule has 2 heterocycles. The third-order valence-corrected chi connectivity index (χ3v) is 5.09. The van der Waals surface area contributed by atoms with Gasteiger partial charge in [-0.3, -0.25) is 15.0 Å². The molecule has 1 fully saturated rings. The highest BCUT2D eigenvalue weighted by atomic mass is 16.5. The van der Waals surface area contributed by atoms with Gasteiger partial charge in [0.2, 0.25) is 11.8 Å². The van der Waals surface area contributed by atoms with Crippen LogP contribution in [-0.4, -0.2) is 66.1 Å². The highest BCUT2D eigenvalue weighted by Crippen LogP contribution is 2.27. The number of hydrogen-bond donors (Lipinski definition) is 2. The zero-order valence-corrected chi connectivity index (χ0v) is 16.4. The summed E-state index contributed by atoms with van der Waals surface area (Å²) in [5.41, 5.74) is -0.876. The molecule has 2 rings (SSSR count). The lowest BCUT2D eigenvalue weighted by Gasteiger charge is -2.41. The number of ether oxygens (including phenoxy) is 2. The number of aliphatic hydroxyl groups excluding tert-OH is 1. The molecule has 148 valence electrons. The largest absolute Gasteiger partial charge is 0.394 e. The summed E-state index contributed by atoms with van der Waals surface area (Å²) in [4.78, 5) is 14.9. The zero-order valence-electron chi connectivity index (χ0n) is 16.4. The van der Waals surface area contributed by atoms with Crippen molar-refractivity contribution in [3.8, 4) is 0 Å². The van der Waals surface area contributed by atoms with Gasteiger partial charge >= 0.3 is 0 Å². The number of amides is 1. The topological polar surface area (TPSA) is 97.1 Å².